The Hall–Kier alpha value is -1.55. The quantitative estimate of drug-likeness (QED) is 0.787. The Morgan fingerprint density at radius 2 is 1.75 bits per heavy atom. The van der Waals surface area contributed by atoms with Gasteiger partial charge in [-0.25, -0.2) is 0 Å². The normalized spacial score (nSPS) is 18.0. The number of fused-ring (bicyclic) bond motifs is 1. The van der Waals surface area contributed by atoms with Crippen molar-refractivity contribution in [3.8, 4) is 5.75 Å². The fraction of sp³-hybridized carbons (Fsp3) is 0.400. The molecule has 2 atom stereocenters. The molecule has 0 aliphatic heterocycles. The van der Waals surface area contributed by atoms with E-state index in [1.807, 2.05) is 30.3 Å². The molecule has 0 aromatic heterocycles. The summed E-state index contributed by atoms with van der Waals surface area (Å²) in [5.74, 6) is 0.801. The van der Waals surface area contributed by atoms with Gasteiger partial charge >= 0.3 is 0 Å². The molecule has 0 saturated carbocycles. The van der Waals surface area contributed by atoms with E-state index < -0.39 is 6.10 Å². The number of hydrogen-bond acceptors (Lipinski definition) is 3. The molecule has 1 unspecified atom stereocenters. The van der Waals surface area contributed by atoms with Crippen molar-refractivity contribution in [1.82, 2.24) is 5.32 Å². The lowest BCUT2D eigenvalue weighted by molar-refractivity contribution is 0.103. The molecule has 0 heterocycles. The van der Waals surface area contributed by atoms with Crippen molar-refractivity contribution in [3.05, 3.63) is 65.7 Å². The Bertz CT molecular complexity index is 606. The summed E-state index contributed by atoms with van der Waals surface area (Å²) in [4.78, 5) is 0. The molecule has 0 amide bonds. The molecule has 2 aromatic carbocycles. The summed E-state index contributed by atoms with van der Waals surface area (Å²) in [5, 5.41) is 13.6. The van der Waals surface area contributed by atoms with Crippen LogP contribution in [0.2, 0.25) is 0 Å². The van der Waals surface area contributed by atoms with Crippen LogP contribution in [0.3, 0.4) is 0 Å². The van der Waals surface area contributed by atoms with Gasteiger partial charge in [-0.05, 0) is 48.9 Å². The zero-order chi connectivity index (χ0) is 15.9. The summed E-state index contributed by atoms with van der Waals surface area (Å²) in [5.41, 5.74) is 2.92. The first-order valence-corrected chi connectivity index (χ1v) is 8.47. The van der Waals surface area contributed by atoms with E-state index in [0.29, 0.717) is 19.2 Å². The zero-order valence-electron chi connectivity index (χ0n) is 13.9. The summed E-state index contributed by atoms with van der Waals surface area (Å²) in [6, 6.07) is 18.8. The van der Waals surface area contributed by atoms with Gasteiger partial charge in [0, 0.05) is 12.6 Å². The molecule has 130 valence electrons. The van der Waals surface area contributed by atoms with Crippen molar-refractivity contribution in [3.63, 3.8) is 0 Å². The fourth-order valence-corrected chi connectivity index (χ4v) is 3.15. The van der Waals surface area contributed by atoms with Crippen LogP contribution in [0, 0.1) is 0 Å². The highest BCUT2D eigenvalue weighted by atomic mass is 35.5. The van der Waals surface area contributed by atoms with Gasteiger partial charge in [-0.2, -0.15) is 0 Å². The van der Waals surface area contributed by atoms with Gasteiger partial charge in [-0.1, -0.05) is 42.5 Å². The average Bonchev–Trinajstić information content (AvgIpc) is 2.81. The van der Waals surface area contributed by atoms with Crippen LogP contribution in [0.25, 0.3) is 0 Å². The van der Waals surface area contributed by atoms with E-state index in [1.165, 1.54) is 17.5 Å². The van der Waals surface area contributed by atoms with Gasteiger partial charge < -0.3 is 15.2 Å². The molecule has 2 N–H and O–H groups in total. The minimum absolute atomic E-state index is 0. The molecule has 1 aliphatic carbocycles. The number of hydrogen-bond donors (Lipinski definition) is 2. The molecule has 0 saturated heterocycles. The molecule has 4 heteroatoms. The maximum absolute atomic E-state index is 10.1. The number of benzene rings is 2. The second-order valence-electron chi connectivity index (χ2n) is 6.25. The van der Waals surface area contributed by atoms with E-state index in [1.54, 1.807) is 0 Å². The molecular weight excluding hydrogens is 322 g/mol. The highest BCUT2D eigenvalue weighted by Crippen LogP contribution is 2.20. The minimum Gasteiger partial charge on any atom is -0.491 e. The smallest absolute Gasteiger partial charge is 0.119 e. The first-order valence-electron chi connectivity index (χ1n) is 8.47. The lowest BCUT2D eigenvalue weighted by Gasteiger charge is -2.20. The second kappa shape index (κ2) is 9.67. The summed E-state index contributed by atoms with van der Waals surface area (Å²) in [6.07, 6.45) is 4.07. The third-order valence-corrected chi connectivity index (χ3v) is 4.41. The summed E-state index contributed by atoms with van der Waals surface area (Å²) in [6.45, 7) is 0.889. The molecule has 24 heavy (non-hydrogen) atoms. The third-order valence-electron chi connectivity index (χ3n) is 4.41. The predicted octanol–water partition coefficient (Wildman–Crippen LogP) is 3.39. The van der Waals surface area contributed by atoms with Gasteiger partial charge in [0.2, 0.25) is 0 Å². The Kier molecular flexibility index (Phi) is 7.57. The summed E-state index contributed by atoms with van der Waals surface area (Å²) < 4.78 is 5.60. The predicted molar refractivity (Wildman–Crippen MR) is 100 cm³/mol. The Labute approximate surface area is 150 Å². The maximum Gasteiger partial charge on any atom is 0.119 e. The van der Waals surface area contributed by atoms with Crippen molar-refractivity contribution >= 4 is 12.4 Å². The van der Waals surface area contributed by atoms with Crippen molar-refractivity contribution in [1.29, 1.82) is 0 Å². The van der Waals surface area contributed by atoms with E-state index in [4.69, 9.17) is 4.74 Å². The van der Waals surface area contributed by atoms with Crippen molar-refractivity contribution in [2.45, 2.75) is 37.8 Å². The zero-order valence-corrected chi connectivity index (χ0v) is 14.7. The number of nitrogens with one attached hydrogen (secondary N) is 1. The highest BCUT2D eigenvalue weighted by molar-refractivity contribution is 5.85. The summed E-state index contributed by atoms with van der Waals surface area (Å²) in [7, 11) is 0. The van der Waals surface area contributed by atoms with E-state index >= 15 is 0 Å². The monoisotopic (exact) mass is 347 g/mol. The second-order valence-corrected chi connectivity index (χ2v) is 6.25. The topological polar surface area (TPSA) is 41.5 Å². The molecule has 3 nitrogen and oxygen atoms in total. The average molecular weight is 348 g/mol. The first-order chi connectivity index (χ1) is 11.3. The molecule has 0 spiro atoms. The Morgan fingerprint density at radius 1 is 1.04 bits per heavy atom. The van der Waals surface area contributed by atoms with Crippen molar-refractivity contribution in [2.75, 3.05) is 13.2 Å². The van der Waals surface area contributed by atoms with Crippen molar-refractivity contribution < 1.29 is 9.84 Å². The van der Waals surface area contributed by atoms with Crippen LogP contribution >= 0.6 is 12.4 Å². The lowest BCUT2D eigenvalue weighted by atomic mass is 10.0. The molecule has 0 radical (unpaired) electrons. The van der Waals surface area contributed by atoms with E-state index in [-0.39, 0.29) is 12.4 Å². The van der Waals surface area contributed by atoms with Crippen LogP contribution < -0.4 is 10.1 Å². The van der Waals surface area contributed by atoms with Gasteiger partial charge in [-0.3, -0.25) is 0 Å². The molecule has 0 fully saturated rings. The van der Waals surface area contributed by atoms with Crippen LogP contribution in [-0.4, -0.2) is 30.4 Å². The molecule has 0 bridgehead atoms. The van der Waals surface area contributed by atoms with Gasteiger partial charge in [0.05, 0.1) is 0 Å². The lowest BCUT2D eigenvalue weighted by Crippen LogP contribution is -2.39. The van der Waals surface area contributed by atoms with Crippen LogP contribution in [0.15, 0.2) is 54.6 Å². The van der Waals surface area contributed by atoms with Crippen LogP contribution in [0.4, 0.5) is 0 Å². The largest absolute Gasteiger partial charge is 0.491 e. The maximum atomic E-state index is 10.1. The number of aliphatic hydroxyl groups is 1. The van der Waals surface area contributed by atoms with E-state index in [9.17, 15) is 5.11 Å². The number of ether oxygens (including phenoxy) is 1. The number of rotatable bonds is 6. The number of para-hydroxylation sites is 1. The van der Waals surface area contributed by atoms with Gasteiger partial charge in [0.15, 0.2) is 0 Å². The fourth-order valence-electron chi connectivity index (χ4n) is 3.15. The van der Waals surface area contributed by atoms with Crippen LogP contribution in [0.5, 0.6) is 5.75 Å². The van der Waals surface area contributed by atoms with Gasteiger partial charge in [0.1, 0.15) is 18.5 Å². The van der Waals surface area contributed by atoms with Crippen LogP contribution in [-0.2, 0) is 12.8 Å². The minimum atomic E-state index is -0.492. The number of aliphatic hydroxyl groups excluding tert-OH is 1. The van der Waals surface area contributed by atoms with Gasteiger partial charge in [-0.15, -0.1) is 12.4 Å². The Morgan fingerprint density at radius 3 is 2.54 bits per heavy atom. The first kappa shape index (κ1) is 18.8. The van der Waals surface area contributed by atoms with Crippen molar-refractivity contribution in [2.24, 2.45) is 0 Å². The third kappa shape index (κ3) is 5.52. The van der Waals surface area contributed by atoms with Crippen LogP contribution in [0.1, 0.15) is 24.0 Å². The standard InChI is InChI=1S/C20H25NO2.ClH/c22-19(15-23-20-11-2-1-3-12-20)14-21-18-10-6-9-16-7-4-5-8-17(16)13-18;/h1-5,7-8,11-12,18-19,21-22H,6,9-10,13-15H2;1H/t18?,19-;/m0./s1. The molecule has 3 rings (SSSR count). The summed E-state index contributed by atoms with van der Waals surface area (Å²) >= 11 is 0. The molecule has 1 aliphatic rings. The molecule has 2 aromatic rings. The van der Waals surface area contributed by atoms with Gasteiger partial charge in [0.25, 0.3) is 0 Å². The number of aryl methyl sites for hydroxylation is 1. The van der Waals surface area contributed by atoms with E-state index in [2.05, 4.69) is 29.6 Å². The van der Waals surface area contributed by atoms with E-state index in [0.717, 1.165) is 25.0 Å². The number of halogens is 1. The Balaban J connectivity index is 0.00000208. The highest BCUT2D eigenvalue weighted by Gasteiger charge is 2.17. The molecular formula is C20H26ClNO2. The SMILES string of the molecule is Cl.O[C@@H](CNC1CCCc2ccccc2C1)COc1ccccc1.